The van der Waals surface area contributed by atoms with Crippen molar-refractivity contribution in [1.29, 1.82) is 5.26 Å². The van der Waals surface area contributed by atoms with E-state index in [9.17, 15) is 5.26 Å². The Kier molecular flexibility index (Phi) is 3.68. The van der Waals surface area contributed by atoms with Gasteiger partial charge in [-0.05, 0) is 37.5 Å². The standard InChI is InChI=1S/C15H19BrN2/c1-14(2)8-3-4-9-15(14,11-17)18-13-7-5-6-12(16)10-13/h5-7,10,18H,3-4,8-9H2,1-2H3. The summed E-state index contributed by atoms with van der Waals surface area (Å²) in [6.45, 7) is 4.39. The average Bonchev–Trinajstić information content (AvgIpc) is 2.32. The van der Waals surface area contributed by atoms with Gasteiger partial charge in [-0.25, -0.2) is 0 Å². The van der Waals surface area contributed by atoms with Gasteiger partial charge in [-0.15, -0.1) is 0 Å². The first-order chi connectivity index (χ1) is 8.49. The van der Waals surface area contributed by atoms with E-state index in [0.29, 0.717) is 0 Å². The molecule has 3 heteroatoms. The molecule has 1 fully saturated rings. The summed E-state index contributed by atoms with van der Waals surface area (Å²) in [7, 11) is 0. The van der Waals surface area contributed by atoms with E-state index >= 15 is 0 Å². The van der Waals surface area contributed by atoms with Crippen LogP contribution in [-0.4, -0.2) is 5.54 Å². The summed E-state index contributed by atoms with van der Waals surface area (Å²) >= 11 is 3.47. The molecule has 0 spiro atoms. The van der Waals surface area contributed by atoms with E-state index in [0.717, 1.165) is 29.4 Å². The highest BCUT2D eigenvalue weighted by Crippen LogP contribution is 2.45. The molecule has 0 radical (unpaired) electrons. The minimum Gasteiger partial charge on any atom is -0.367 e. The number of nitriles is 1. The van der Waals surface area contributed by atoms with Gasteiger partial charge in [0.15, 0.2) is 0 Å². The molecule has 1 unspecified atom stereocenters. The van der Waals surface area contributed by atoms with Gasteiger partial charge in [0, 0.05) is 15.6 Å². The fourth-order valence-electron chi connectivity index (χ4n) is 2.79. The van der Waals surface area contributed by atoms with Crippen LogP contribution in [-0.2, 0) is 0 Å². The Balaban J connectivity index is 2.31. The number of hydrogen-bond acceptors (Lipinski definition) is 2. The average molecular weight is 307 g/mol. The summed E-state index contributed by atoms with van der Waals surface area (Å²) in [4.78, 5) is 0. The van der Waals surface area contributed by atoms with Gasteiger partial charge in [-0.2, -0.15) is 5.26 Å². The lowest BCUT2D eigenvalue weighted by molar-refractivity contribution is 0.164. The number of nitrogens with zero attached hydrogens (tertiary/aromatic N) is 1. The van der Waals surface area contributed by atoms with Gasteiger partial charge in [0.05, 0.1) is 6.07 Å². The zero-order chi connectivity index (χ0) is 13.2. The Morgan fingerprint density at radius 2 is 2.00 bits per heavy atom. The van der Waals surface area contributed by atoms with Gasteiger partial charge < -0.3 is 5.32 Å². The van der Waals surface area contributed by atoms with Crippen molar-refractivity contribution < 1.29 is 0 Å². The topological polar surface area (TPSA) is 35.8 Å². The fourth-order valence-corrected chi connectivity index (χ4v) is 3.19. The predicted molar refractivity (Wildman–Crippen MR) is 78.4 cm³/mol. The molecule has 1 N–H and O–H groups in total. The highest BCUT2D eigenvalue weighted by atomic mass is 79.9. The molecule has 0 amide bonds. The van der Waals surface area contributed by atoms with Gasteiger partial charge in [-0.3, -0.25) is 0 Å². The largest absolute Gasteiger partial charge is 0.367 e. The van der Waals surface area contributed by atoms with Crippen molar-refractivity contribution in [3.63, 3.8) is 0 Å². The molecule has 1 saturated carbocycles. The summed E-state index contributed by atoms with van der Waals surface area (Å²) in [6, 6.07) is 10.6. The van der Waals surface area contributed by atoms with Crippen LogP contribution in [0.3, 0.4) is 0 Å². The zero-order valence-corrected chi connectivity index (χ0v) is 12.5. The lowest BCUT2D eigenvalue weighted by Crippen LogP contribution is -2.52. The second-order valence-corrected chi connectivity index (χ2v) is 6.66. The molecule has 1 aliphatic carbocycles. The molecule has 1 atom stereocenters. The highest BCUT2D eigenvalue weighted by molar-refractivity contribution is 9.10. The summed E-state index contributed by atoms with van der Waals surface area (Å²) in [5.74, 6) is 0. The maximum atomic E-state index is 9.68. The van der Waals surface area contributed by atoms with Crippen molar-refractivity contribution in [2.45, 2.75) is 45.1 Å². The van der Waals surface area contributed by atoms with Crippen molar-refractivity contribution in [2.75, 3.05) is 5.32 Å². The Morgan fingerprint density at radius 3 is 2.61 bits per heavy atom. The molecule has 1 aromatic rings. The monoisotopic (exact) mass is 306 g/mol. The maximum Gasteiger partial charge on any atom is 0.130 e. The molecule has 0 saturated heterocycles. The van der Waals surface area contributed by atoms with Crippen LogP contribution < -0.4 is 5.32 Å². The number of halogens is 1. The molecule has 0 bridgehead atoms. The normalized spacial score (nSPS) is 26.3. The van der Waals surface area contributed by atoms with Gasteiger partial charge in [-0.1, -0.05) is 42.3 Å². The molecular formula is C15H19BrN2. The first-order valence-electron chi connectivity index (χ1n) is 6.44. The van der Waals surface area contributed by atoms with E-state index in [1.807, 2.05) is 24.3 Å². The van der Waals surface area contributed by atoms with Crippen LogP contribution in [0.15, 0.2) is 28.7 Å². The molecule has 2 rings (SSSR count). The van der Waals surface area contributed by atoms with Crippen LogP contribution >= 0.6 is 15.9 Å². The maximum absolute atomic E-state index is 9.68. The minimum atomic E-state index is -0.452. The lowest BCUT2D eigenvalue weighted by atomic mass is 9.63. The SMILES string of the molecule is CC1(C)CCCCC1(C#N)Nc1cccc(Br)c1. The molecule has 1 aliphatic rings. The van der Waals surface area contributed by atoms with Crippen LogP contribution in [0, 0.1) is 16.7 Å². The molecule has 1 aromatic carbocycles. The lowest BCUT2D eigenvalue weighted by Gasteiger charge is -2.46. The molecule has 96 valence electrons. The first-order valence-corrected chi connectivity index (χ1v) is 7.23. The summed E-state index contributed by atoms with van der Waals surface area (Å²) in [5, 5.41) is 13.2. The van der Waals surface area contributed by atoms with E-state index in [4.69, 9.17) is 0 Å². The molecule has 0 aromatic heterocycles. The van der Waals surface area contributed by atoms with E-state index < -0.39 is 5.54 Å². The number of anilines is 1. The Labute approximate surface area is 118 Å². The third-order valence-corrected chi connectivity index (χ3v) is 4.63. The molecule has 2 nitrogen and oxygen atoms in total. The second-order valence-electron chi connectivity index (χ2n) is 5.74. The van der Waals surface area contributed by atoms with Gasteiger partial charge in [0.2, 0.25) is 0 Å². The highest BCUT2D eigenvalue weighted by Gasteiger charge is 2.47. The van der Waals surface area contributed by atoms with E-state index in [1.165, 1.54) is 6.42 Å². The van der Waals surface area contributed by atoms with Crippen molar-refractivity contribution in [3.8, 4) is 6.07 Å². The van der Waals surface area contributed by atoms with Crippen molar-refractivity contribution in [1.82, 2.24) is 0 Å². The second kappa shape index (κ2) is 4.93. The van der Waals surface area contributed by atoms with Crippen LogP contribution in [0.25, 0.3) is 0 Å². The predicted octanol–water partition coefficient (Wildman–Crippen LogP) is 4.72. The Hall–Kier alpha value is -1.01. The summed E-state index contributed by atoms with van der Waals surface area (Å²) in [6.07, 6.45) is 4.36. The van der Waals surface area contributed by atoms with Crippen molar-refractivity contribution in [2.24, 2.45) is 5.41 Å². The van der Waals surface area contributed by atoms with Crippen molar-refractivity contribution in [3.05, 3.63) is 28.7 Å². The Bertz CT molecular complexity index is 476. The quantitative estimate of drug-likeness (QED) is 0.858. The van der Waals surface area contributed by atoms with Gasteiger partial charge >= 0.3 is 0 Å². The number of rotatable bonds is 2. The number of hydrogen-bond donors (Lipinski definition) is 1. The van der Waals surface area contributed by atoms with Gasteiger partial charge in [0.1, 0.15) is 5.54 Å². The third kappa shape index (κ3) is 2.40. The minimum absolute atomic E-state index is 0.00230. The van der Waals surface area contributed by atoms with Crippen LogP contribution in [0.2, 0.25) is 0 Å². The van der Waals surface area contributed by atoms with Crippen LogP contribution in [0.1, 0.15) is 39.5 Å². The van der Waals surface area contributed by atoms with Gasteiger partial charge in [0.25, 0.3) is 0 Å². The Morgan fingerprint density at radius 1 is 1.28 bits per heavy atom. The smallest absolute Gasteiger partial charge is 0.130 e. The summed E-state index contributed by atoms with van der Waals surface area (Å²) < 4.78 is 1.04. The van der Waals surface area contributed by atoms with E-state index in [-0.39, 0.29) is 5.41 Å². The third-order valence-electron chi connectivity index (χ3n) is 4.13. The summed E-state index contributed by atoms with van der Waals surface area (Å²) in [5.41, 5.74) is 0.565. The molecule has 18 heavy (non-hydrogen) atoms. The molecule has 0 heterocycles. The molecular weight excluding hydrogens is 288 g/mol. The molecule has 0 aliphatic heterocycles. The number of nitrogens with one attached hydrogen (secondary N) is 1. The fraction of sp³-hybridized carbons (Fsp3) is 0.533. The van der Waals surface area contributed by atoms with E-state index in [1.54, 1.807) is 0 Å². The zero-order valence-electron chi connectivity index (χ0n) is 11.0. The van der Waals surface area contributed by atoms with Crippen LogP contribution in [0.4, 0.5) is 5.69 Å². The first kappa shape index (κ1) is 13.4. The van der Waals surface area contributed by atoms with E-state index in [2.05, 4.69) is 41.2 Å². The number of benzene rings is 1. The van der Waals surface area contributed by atoms with Crippen molar-refractivity contribution >= 4 is 21.6 Å². The van der Waals surface area contributed by atoms with Crippen LogP contribution in [0.5, 0.6) is 0 Å².